The first-order valence-electron chi connectivity index (χ1n) is 6.01. The Labute approximate surface area is 115 Å². The van der Waals surface area contributed by atoms with Crippen LogP contribution in [0.3, 0.4) is 0 Å². The van der Waals surface area contributed by atoms with Gasteiger partial charge in [-0.2, -0.15) is 13.2 Å². The zero-order valence-electron chi connectivity index (χ0n) is 10.8. The van der Waals surface area contributed by atoms with Gasteiger partial charge in [0.25, 0.3) is 0 Å². The molecule has 0 saturated carbocycles. The molecule has 0 heterocycles. The maximum atomic E-state index is 12.4. The SMILES string of the molecule is C/C(=C\c1ccc(C(F)(F)F)cc1)c1ccc(O)cc1. The minimum absolute atomic E-state index is 0.177. The zero-order valence-corrected chi connectivity index (χ0v) is 10.8. The van der Waals surface area contributed by atoms with Crippen LogP contribution in [0.4, 0.5) is 13.2 Å². The maximum absolute atomic E-state index is 12.4. The fourth-order valence-electron chi connectivity index (χ4n) is 1.83. The largest absolute Gasteiger partial charge is 0.508 e. The molecule has 0 aliphatic carbocycles. The van der Waals surface area contributed by atoms with E-state index in [1.165, 1.54) is 12.1 Å². The van der Waals surface area contributed by atoms with Gasteiger partial charge in [0.15, 0.2) is 0 Å². The summed E-state index contributed by atoms with van der Waals surface area (Å²) >= 11 is 0. The molecule has 0 saturated heterocycles. The van der Waals surface area contributed by atoms with E-state index in [0.29, 0.717) is 5.56 Å². The van der Waals surface area contributed by atoms with E-state index in [0.717, 1.165) is 23.3 Å². The van der Waals surface area contributed by atoms with Crippen molar-refractivity contribution in [2.45, 2.75) is 13.1 Å². The molecular weight excluding hydrogens is 265 g/mol. The lowest BCUT2D eigenvalue weighted by molar-refractivity contribution is -0.137. The zero-order chi connectivity index (χ0) is 14.8. The number of hydrogen-bond donors (Lipinski definition) is 1. The Morgan fingerprint density at radius 1 is 0.950 bits per heavy atom. The van der Waals surface area contributed by atoms with Crippen molar-refractivity contribution in [1.82, 2.24) is 0 Å². The van der Waals surface area contributed by atoms with Crippen LogP contribution in [0.1, 0.15) is 23.6 Å². The van der Waals surface area contributed by atoms with E-state index >= 15 is 0 Å². The molecule has 2 rings (SSSR count). The second-order valence-corrected chi connectivity index (χ2v) is 4.49. The van der Waals surface area contributed by atoms with Gasteiger partial charge in [0.2, 0.25) is 0 Å². The third-order valence-electron chi connectivity index (χ3n) is 2.94. The summed E-state index contributed by atoms with van der Waals surface area (Å²) in [5.41, 5.74) is 1.85. The molecular formula is C16H13F3O. The number of phenols is 1. The van der Waals surface area contributed by atoms with Crippen molar-refractivity contribution in [3.05, 3.63) is 65.2 Å². The van der Waals surface area contributed by atoms with Crippen LogP contribution in [-0.4, -0.2) is 5.11 Å². The molecule has 0 radical (unpaired) electrons. The monoisotopic (exact) mass is 278 g/mol. The van der Waals surface area contributed by atoms with Crippen LogP contribution in [0.15, 0.2) is 48.5 Å². The van der Waals surface area contributed by atoms with E-state index in [4.69, 9.17) is 0 Å². The van der Waals surface area contributed by atoms with E-state index in [1.807, 2.05) is 6.92 Å². The van der Waals surface area contributed by atoms with Gasteiger partial charge in [-0.25, -0.2) is 0 Å². The molecule has 0 fully saturated rings. The summed E-state index contributed by atoms with van der Waals surface area (Å²) in [4.78, 5) is 0. The quantitative estimate of drug-likeness (QED) is 0.769. The first-order valence-corrected chi connectivity index (χ1v) is 6.01. The molecule has 2 aromatic carbocycles. The highest BCUT2D eigenvalue weighted by Crippen LogP contribution is 2.29. The van der Waals surface area contributed by atoms with Gasteiger partial charge in [-0.3, -0.25) is 0 Å². The number of halogens is 3. The highest BCUT2D eigenvalue weighted by molar-refractivity contribution is 5.80. The standard InChI is InChI=1S/C16H13F3O/c1-11(13-4-8-15(20)9-5-13)10-12-2-6-14(7-3-12)16(17,18)19/h2-10,20H,1H3/b11-10+. The molecule has 0 atom stereocenters. The van der Waals surface area contributed by atoms with E-state index in [1.54, 1.807) is 30.3 Å². The lowest BCUT2D eigenvalue weighted by Crippen LogP contribution is -2.03. The molecule has 0 amide bonds. The molecule has 20 heavy (non-hydrogen) atoms. The van der Waals surface area contributed by atoms with E-state index in [2.05, 4.69) is 0 Å². The molecule has 1 nitrogen and oxygen atoms in total. The number of rotatable bonds is 2. The van der Waals surface area contributed by atoms with Gasteiger partial charge < -0.3 is 5.11 Å². The van der Waals surface area contributed by atoms with Gasteiger partial charge in [-0.1, -0.05) is 30.3 Å². The van der Waals surface area contributed by atoms with Crippen LogP contribution in [0.2, 0.25) is 0 Å². The molecule has 0 spiro atoms. The minimum atomic E-state index is -4.31. The van der Waals surface area contributed by atoms with Crippen LogP contribution in [0.25, 0.3) is 11.6 Å². The topological polar surface area (TPSA) is 20.2 Å². The second kappa shape index (κ2) is 5.41. The van der Waals surface area contributed by atoms with Gasteiger partial charge in [-0.15, -0.1) is 0 Å². The average Bonchev–Trinajstić information content (AvgIpc) is 2.39. The Kier molecular flexibility index (Phi) is 3.84. The first-order chi connectivity index (χ1) is 9.36. The lowest BCUT2D eigenvalue weighted by atomic mass is 10.0. The van der Waals surface area contributed by atoms with Crippen LogP contribution in [0.5, 0.6) is 5.75 Å². The molecule has 0 bridgehead atoms. The van der Waals surface area contributed by atoms with Gasteiger partial charge in [0, 0.05) is 0 Å². The number of alkyl halides is 3. The lowest BCUT2D eigenvalue weighted by Gasteiger charge is -2.07. The molecule has 1 N–H and O–H groups in total. The van der Waals surface area contributed by atoms with E-state index < -0.39 is 11.7 Å². The van der Waals surface area contributed by atoms with Crippen LogP contribution in [0, 0.1) is 0 Å². The Morgan fingerprint density at radius 2 is 1.50 bits per heavy atom. The Balaban J connectivity index is 2.24. The Bertz CT molecular complexity index is 608. The molecule has 0 unspecified atom stereocenters. The predicted molar refractivity (Wildman–Crippen MR) is 73.1 cm³/mol. The van der Waals surface area contributed by atoms with E-state index in [9.17, 15) is 18.3 Å². The summed E-state index contributed by atoms with van der Waals surface area (Å²) < 4.78 is 37.3. The van der Waals surface area contributed by atoms with Crippen molar-refractivity contribution in [3.8, 4) is 5.75 Å². The fourth-order valence-corrected chi connectivity index (χ4v) is 1.83. The highest BCUT2D eigenvalue weighted by Gasteiger charge is 2.29. The maximum Gasteiger partial charge on any atom is 0.416 e. The minimum Gasteiger partial charge on any atom is -0.508 e. The van der Waals surface area contributed by atoms with Gasteiger partial charge in [0.1, 0.15) is 5.75 Å². The summed E-state index contributed by atoms with van der Waals surface area (Å²) in [6.45, 7) is 1.87. The predicted octanol–water partition coefficient (Wildman–Crippen LogP) is 4.97. The number of phenolic OH excluding ortho intramolecular Hbond substituents is 1. The number of aromatic hydroxyl groups is 1. The van der Waals surface area contributed by atoms with Gasteiger partial charge in [0.05, 0.1) is 5.56 Å². The average molecular weight is 278 g/mol. The Hall–Kier alpha value is -2.23. The molecule has 0 aliphatic rings. The van der Waals surface area contributed by atoms with Crippen LogP contribution >= 0.6 is 0 Å². The highest BCUT2D eigenvalue weighted by atomic mass is 19.4. The Morgan fingerprint density at radius 3 is 2.00 bits per heavy atom. The summed E-state index contributed by atoms with van der Waals surface area (Å²) in [6, 6.07) is 11.7. The molecule has 2 aromatic rings. The first kappa shape index (κ1) is 14.2. The van der Waals surface area contributed by atoms with Crippen molar-refractivity contribution in [2.75, 3.05) is 0 Å². The number of allylic oxidation sites excluding steroid dienone is 1. The second-order valence-electron chi connectivity index (χ2n) is 4.49. The molecule has 0 aliphatic heterocycles. The van der Waals surface area contributed by atoms with Gasteiger partial charge in [-0.05, 0) is 47.9 Å². The smallest absolute Gasteiger partial charge is 0.416 e. The fraction of sp³-hybridized carbons (Fsp3) is 0.125. The number of hydrogen-bond acceptors (Lipinski definition) is 1. The summed E-state index contributed by atoms with van der Waals surface area (Å²) in [5.74, 6) is 0.177. The summed E-state index contributed by atoms with van der Waals surface area (Å²) in [6.07, 6.45) is -2.51. The molecule has 104 valence electrons. The third kappa shape index (κ3) is 3.41. The van der Waals surface area contributed by atoms with Crippen molar-refractivity contribution in [3.63, 3.8) is 0 Å². The van der Waals surface area contributed by atoms with Crippen molar-refractivity contribution in [2.24, 2.45) is 0 Å². The third-order valence-corrected chi connectivity index (χ3v) is 2.94. The summed E-state index contributed by atoms with van der Waals surface area (Å²) in [5, 5.41) is 9.21. The van der Waals surface area contributed by atoms with Crippen molar-refractivity contribution >= 4 is 11.6 Å². The number of benzene rings is 2. The molecule has 0 aromatic heterocycles. The van der Waals surface area contributed by atoms with Gasteiger partial charge >= 0.3 is 6.18 Å². The van der Waals surface area contributed by atoms with Crippen molar-refractivity contribution in [1.29, 1.82) is 0 Å². The van der Waals surface area contributed by atoms with Crippen LogP contribution < -0.4 is 0 Å². The molecule has 4 heteroatoms. The van der Waals surface area contributed by atoms with E-state index in [-0.39, 0.29) is 5.75 Å². The summed E-state index contributed by atoms with van der Waals surface area (Å²) in [7, 11) is 0. The van der Waals surface area contributed by atoms with Crippen LogP contribution in [-0.2, 0) is 6.18 Å². The van der Waals surface area contributed by atoms with Crippen molar-refractivity contribution < 1.29 is 18.3 Å². The normalized spacial score (nSPS) is 12.5.